The lowest BCUT2D eigenvalue weighted by Gasteiger charge is -2.29. The van der Waals surface area contributed by atoms with Crippen molar-refractivity contribution in [2.24, 2.45) is 5.92 Å². The van der Waals surface area contributed by atoms with Gasteiger partial charge in [-0.15, -0.1) is 0 Å². The van der Waals surface area contributed by atoms with Gasteiger partial charge < -0.3 is 24.4 Å². The SMILES string of the molecule is CSS[C@H]1O[C@]23OC[C@H](O)[C@H]2OC(=O)[C@]3(O)[C@@H]1C. The van der Waals surface area contributed by atoms with E-state index in [0.29, 0.717) is 0 Å². The molecular weight excluding hydrogens is 280 g/mol. The molecule has 3 rings (SSSR count). The molecule has 102 valence electrons. The summed E-state index contributed by atoms with van der Waals surface area (Å²) in [4.78, 5) is 11.9. The Balaban J connectivity index is 2.02. The van der Waals surface area contributed by atoms with Gasteiger partial charge in [-0.1, -0.05) is 28.5 Å². The van der Waals surface area contributed by atoms with Crippen molar-refractivity contribution in [1.82, 2.24) is 0 Å². The molecule has 0 amide bonds. The van der Waals surface area contributed by atoms with Crippen molar-refractivity contribution < 1.29 is 29.2 Å². The summed E-state index contributed by atoms with van der Waals surface area (Å²) in [5, 5.41) is 20.5. The maximum atomic E-state index is 11.9. The molecule has 0 radical (unpaired) electrons. The number of carbonyl (C=O) groups excluding carboxylic acids is 1. The molecule has 0 aromatic heterocycles. The second-order valence-corrected chi connectivity index (χ2v) is 7.24. The zero-order valence-corrected chi connectivity index (χ0v) is 11.5. The van der Waals surface area contributed by atoms with Gasteiger partial charge >= 0.3 is 5.97 Å². The summed E-state index contributed by atoms with van der Waals surface area (Å²) in [6.45, 7) is 1.71. The van der Waals surface area contributed by atoms with E-state index in [1.54, 1.807) is 6.92 Å². The highest BCUT2D eigenvalue weighted by atomic mass is 33.1. The minimum absolute atomic E-state index is 0.0103. The normalized spacial score (nSPS) is 54.3. The zero-order valence-electron chi connectivity index (χ0n) is 9.86. The fourth-order valence-electron chi connectivity index (χ4n) is 2.83. The van der Waals surface area contributed by atoms with Crippen LogP contribution in [0.1, 0.15) is 6.92 Å². The van der Waals surface area contributed by atoms with Crippen LogP contribution >= 0.6 is 21.6 Å². The van der Waals surface area contributed by atoms with Gasteiger partial charge in [-0.3, -0.25) is 0 Å². The van der Waals surface area contributed by atoms with Gasteiger partial charge in [0, 0.05) is 5.92 Å². The van der Waals surface area contributed by atoms with E-state index in [1.165, 1.54) is 21.6 Å². The third-order valence-electron chi connectivity index (χ3n) is 3.82. The molecule has 6 atom stereocenters. The summed E-state index contributed by atoms with van der Waals surface area (Å²) in [6.07, 6.45) is -0.0328. The quantitative estimate of drug-likeness (QED) is 0.532. The van der Waals surface area contributed by atoms with E-state index in [4.69, 9.17) is 14.2 Å². The number of esters is 1. The first-order chi connectivity index (χ1) is 8.47. The fourth-order valence-corrected chi connectivity index (χ4v) is 4.75. The summed E-state index contributed by atoms with van der Waals surface area (Å²) in [5.74, 6) is -2.81. The van der Waals surface area contributed by atoms with E-state index in [1.807, 2.05) is 6.26 Å². The number of ether oxygens (including phenoxy) is 3. The summed E-state index contributed by atoms with van der Waals surface area (Å²) >= 11 is 0. The Hall–Kier alpha value is 0.01000. The molecule has 3 heterocycles. The van der Waals surface area contributed by atoms with Crippen molar-refractivity contribution in [1.29, 1.82) is 0 Å². The minimum atomic E-state index is -1.84. The molecule has 3 aliphatic heterocycles. The van der Waals surface area contributed by atoms with Crippen LogP contribution in [0.4, 0.5) is 0 Å². The van der Waals surface area contributed by atoms with Crippen LogP contribution in [0.5, 0.6) is 0 Å². The van der Waals surface area contributed by atoms with Crippen molar-refractivity contribution in [2.75, 3.05) is 12.9 Å². The number of rotatable bonds is 2. The second-order valence-electron chi connectivity index (χ2n) is 4.68. The number of aliphatic hydroxyl groups excluding tert-OH is 1. The van der Waals surface area contributed by atoms with E-state index in [2.05, 4.69) is 0 Å². The van der Waals surface area contributed by atoms with Crippen LogP contribution in [-0.4, -0.2) is 58.1 Å². The third-order valence-corrected chi connectivity index (χ3v) is 5.85. The van der Waals surface area contributed by atoms with Gasteiger partial charge in [-0.05, 0) is 6.26 Å². The molecule has 3 fully saturated rings. The highest BCUT2D eigenvalue weighted by molar-refractivity contribution is 8.76. The lowest BCUT2D eigenvalue weighted by molar-refractivity contribution is -0.252. The van der Waals surface area contributed by atoms with Gasteiger partial charge in [-0.25, -0.2) is 4.79 Å². The molecular formula is C10H14O6S2. The Kier molecular flexibility index (Phi) is 2.89. The van der Waals surface area contributed by atoms with Gasteiger partial charge in [-0.2, -0.15) is 0 Å². The summed E-state index contributed by atoms with van der Waals surface area (Å²) in [5.41, 5.74) is -2.23. The van der Waals surface area contributed by atoms with Gasteiger partial charge in [0.05, 0.1) is 6.61 Å². The van der Waals surface area contributed by atoms with E-state index in [9.17, 15) is 15.0 Å². The maximum absolute atomic E-state index is 11.9. The molecule has 0 unspecified atom stereocenters. The number of hydrogen-bond donors (Lipinski definition) is 2. The van der Waals surface area contributed by atoms with Crippen molar-refractivity contribution in [3.8, 4) is 0 Å². The predicted molar refractivity (Wildman–Crippen MR) is 64.7 cm³/mol. The van der Waals surface area contributed by atoms with E-state index >= 15 is 0 Å². The zero-order chi connectivity index (χ0) is 13.1. The Labute approximate surface area is 112 Å². The van der Waals surface area contributed by atoms with Crippen LogP contribution < -0.4 is 0 Å². The second kappa shape index (κ2) is 4.00. The van der Waals surface area contributed by atoms with Gasteiger partial charge in [0.1, 0.15) is 11.5 Å². The minimum Gasteiger partial charge on any atom is -0.451 e. The molecule has 0 bridgehead atoms. The highest BCUT2D eigenvalue weighted by Crippen LogP contribution is 2.58. The molecule has 0 aliphatic carbocycles. The molecule has 18 heavy (non-hydrogen) atoms. The number of aliphatic hydroxyl groups is 2. The monoisotopic (exact) mass is 294 g/mol. The Bertz CT molecular complexity index is 393. The maximum Gasteiger partial charge on any atom is 0.345 e. The molecule has 0 aromatic carbocycles. The van der Waals surface area contributed by atoms with Crippen molar-refractivity contribution in [3.05, 3.63) is 0 Å². The first-order valence-corrected chi connectivity index (χ1v) is 8.22. The molecule has 3 aliphatic rings. The van der Waals surface area contributed by atoms with Crippen LogP contribution in [0.3, 0.4) is 0 Å². The number of carbonyl (C=O) groups is 1. The first kappa shape index (κ1) is 13.0. The van der Waals surface area contributed by atoms with Gasteiger partial charge in [0.15, 0.2) is 6.10 Å². The lowest BCUT2D eigenvalue weighted by atomic mass is 9.84. The van der Waals surface area contributed by atoms with Crippen LogP contribution in [0.25, 0.3) is 0 Å². The first-order valence-electron chi connectivity index (χ1n) is 5.60. The van der Waals surface area contributed by atoms with E-state index < -0.39 is 35.5 Å². The summed E-state index contributed by atoms with van der Waals surface area (Å²) < 4.78 is 16.2. The van der Waals surface area contributed by atoms with Crippen LogP contribution in [0.2, 0.25) is 0 Å². The number of hydrogen-bond acceptors (Lipinski definition) is 8. The molecule has 1 spiro atoms. The third kappa shape index (κ3) is 1.28. The Morgan fingerprint density at radius 2 is 2.22 bits per heavy atom. The van der Waals surface area contributed by atoms with E-state index in [-0.39, 0.29) is 12.0 Å². The lowest BCUT2D eigenvalue weighted by Crippen LogP contribution is -2.57. The largest absolute Gasteiger partial charge is 0.451 e. The Morgan fingerprint density at radius 1 is 1.50 bits per heavy atom. The topological polar surface area (TPSA) is 85.2 Å². The fraction of sp³-hybridized carbons (Fsp3) is 0.900. The van der Waals surface area contributed by atoms with Crippen LogP contribution in [-0.2, 0) is 19.0 Å². The molecule has 2 N–H and O–H groups in total. The van der Waals surface area contributed by atoms with Gasteiger partial charge in [0.25, 0.3) is 5.79 Å². The van der Waals surface area contributed by atoms with Crippen LogP contribution in [0.15, 0.2) is 0 Å². The summed E-state index contributed by atoms with van der Waals surface area (Å²) in [6, 6.07) is 0. The van der Waals surface area contributed by atoms with Crippen molar-refractivity contribution >= 4 is 27.6 Å². The standard InChI is InChI=1S/C10H14O6S2/c1-4-7(18-17-2)16-10-6(5(11)3-14-10)15-8(12)9(4,10)13/h4-7,11,13H,3H2,1-2H3/t4-,5+,6-,7-,9-,10-/m1/s1. The van der Waals surface area contributed by atoms with Crippen LogP contribution in [0, 0.1) is 5.92 Å². The van der Waals surface area contributed by atoms with Crippen molar-refractivity contribution in [3.63, 3.8) is 0 Å². The van der Waals surface area contributed by atoms with Crippen molar-refractivity contribution in [2.45, 2.75) is 36.0 Å². The summed E-state index contributed by atoms with van der Waals surface area (Å²) in [7, 11) is 2.90. The Morgan fingerprint density at radius 3 is 2.89 bits per heavy atom. The molecule has 6 nitrogen and oxygen atoms in total. The molecule has 0 saturated carbocycles. The highest BCUT2D eigenvalue weighted by Gasteiger charge is 2.81. The molecule has 3 saturated heterocycles. The van der Waals surface area contributed by atoms with Gasteiger partial charge in [0.2, 0.25) is 5.60 Å². The predicted octanol–water partition coefficient (Wildman–Crippen LogP) is -0.266. The molecule has 0 aromatic rings. The van der Waals surface area contributed by atoms with E-state index in [0.717, 1.165) is 0 Å². The average Bonchev–Trinajstić information content (AvgIpc) is 2.83. The smallest absolute Gasteiger partial charge is 0.345 e. The molecule has 8 heteroatoms. The average molecular weight is 294 g/mol.